The number of H-pyrrole nitrogens is 1. The third-order valence-corrected chi connectivity index (χ3v) is 7.19. The fraction of sp³-hybridized carbons (Fsp3) is 0.478. The molecule has 6 heteroatoms. The largest absolute Gasteiger partial charge is 0.361 e. The number of Topliss-reactive ketones (excluding diaryl/α,β-unsaturated/α-hetero) is 1. The summed E-state index contributed by atoms with van der Waals surface area (Å²) in [4.78, 5) is 26.4. The average molecular weight is 411 g/mol. The van der Waals surface area contributed by atoms with Gasteiger partial charge in [0, 0.05) is 49.7 Å². The van der Waals surface area contributed by atoms with Crippen LogP contribution in [0.1, 0.15) is 35.5 Å². The Hall–Kier alpha value is -2.18. The van der Waals surface area contributed by atoms with Crippen molar-refractivity contribution in [2.24, 2.45) is 11.8 Å². The lowest BCUT2D eigenvalue weighted by molar-refractivity contribution is 0.0952. The molecule has 3 heterocycles. The number of likely N-dealkylation sites (N-methyl/N-ethyl adjacent to an activating group) is 1. The molecular formula is C23H30N4OS. The Bertz CT molecular complexity index is 968. The molecule has 0 radical (unpaired) electrons. The van der Waals surface area contributed by atoms with Crippen LogP contribution in [0.15, 0.2) is 36.7 Å². The molecule has 4 rings (SSSR count). The number of rotatable bonds is 7. The molecule has 2 aromatic heterocycles. The van der Waals surface area contributed by atoms with Crippen molar-refractivity contribution in [2.75, 3.05) is 38.1 Å². The summed E-state index contributed by atoms with van der Waals surface area (Å²) in [6.07, 6.45) is 5.37. The van der Waals surface area contributed by atoms with Crippen LogP contribution in [0, 0.1) is 11.8 Å². The van der Waals surface area contributed by atoms with Gasteiger partial charge in [-0.05, 0) is 36.9 Å². The van der Waals surface area contributed by atoms with Crippen molar-refractivity contribution in [3.8, 4) is 0 Å². The van der Waals surface area contributed by atoms with Crippen molar-refractivity contribution >= 4 is 33.2 Å². The Morgan fingerprint density at radius 1 is 1.21 bits per heavy atom. The maximum absolute atomic E-state index is 13.0. The SMILES string of the molecule is CC(C)C(CC(=O)c1cnc(N2CCN(C)CC2)s1)Cc1c[nH]c2ccccc12. The topological polar surface area (TPSA) is 52.2 Å². The molecule has 0 amide bonds. The number of anilines is 1. The monoisotopic (exact) mass is 410 g/mol. The molecule has 5 nitrogen and oxygen atoms in total. The number of hydrogen-bond acceptors (Lipinski definition) is 5. The summed E-state index contributed by atoms with van der Waals surface area (Å²) in [5.74, 6) is 0.981. The van der Waals surface area contributed by atoms with Gasteiger partial charge in [-0.2, -0.15) is 0 Å². The molecule has 0 spiro atoms. The smallest absolute Gasteiger partial charge is 0.186 e. The van der Waals surface area contributed by atoms with Crippen molar-refractivity contribution in [3.05, 3.63) is 47.1 Å². The predicted octanol–water partition coefficient (Wildman–Crippen LogP) is 4.46. The van der Waals surface area contributed by atoms with Crippen molar-refractivity contribution in [2.45, 2.75) is 26.7 Å². The maximum atomic E-state index is 13.0. The molecule has 1 fully saturated rings. The van der Waals surface area contributed by atoms with Crippen LogP contribution in [0.3, 0.4) is 0 Å². The zero-order chi connectivity index (χ0) is 20.4. The Balaban J connectivity index is 1.44. The lowest BCUT2D eigenvalue weighted by Gasteiger charge is -2.32. The zero-order valence-corrected chi connectivity index (χ0v) is 18.3. The molecular weight excluding hydrogens is 380 g/mol. The van der Waals surface area contributed by atoms with Gasteiger partial charge in [-0.1, -0.05) is 43.4 Å². The molecule has 1 unspecified atom stereocenters. The van der Waals surface area contributed by atoms with E-state index in [2.05, 4.69) is 65.1 Å². The highest BCUT2D eigenvalue weighted by molar-refractivity contribution is 7.17. The molecule has 1 saturated heterocycles. The molecule has 1 N–H and O–H groups in total. The predicted molar refractivity (Wildman–Crippen MR) is 121 cm³/mol. The van der Waals surface area contributed by atoms with E-state index in [1.165, 1.54) is 10.9 Å². The van der Waals surface area contributed by atoms with E-state index < -0.39 is 0 Å². The van der Waals surface area contributed by atoms with Gasteiger partial charge in [-0.3, -0.25) is 4.79 Å². The number of piperazine rings is 1. The van der Waals surface area contributed by atoms with Gasteiger partial charge < -0.3 is 14.8 Å². The molecule has 0 aliphatic carbocycles. The summed E-state index contributed by atoms with van der Waals surface area (Å²) in [5, 5.41) is 2.25. The van der Waals surface area contributed by atoms with Crippen molar-refractivity contribution in [1.82, 2.24) is 14.9 Å². The maximum Gasteiger partial charge on any atom is 0.186 e. The summed E-state index contributed by atoms with van der Waals surface area (Å²) >= 11 is 1.55. The number of thiazole rings is 1. The zero-order valence-electron chi connectivity index (χ0n) is 17.5. The number of carbonyl (C=O) groups is 1. The standard InChI is InChI=1S/C23H30N4OS/c1-16(2)17(12-18-14-24-20-7-5-4-6-19(18)20)13-21(28)22-15-25-23(29-22)27-10-8-26(3)9-11-27/h4-7,14-17,24H,8-13H2,1-3H3. The van der Waals surface area contributed by atoms with Gasteiger partial charge in [-0.15, -0.1) is 0 Å². The molecule has 154 valence electrons. The van der Waals surface area contributed by atoms with Gasteiger partial charge in [0.05, 0.1) is 11.1 Å². The van der Waals surface area contributed by atoms with E-state index in [1.807, 2.05) is 6.07 Å². The van der Waals surface area contributed by atoms with Crippen LogP contribution in [-0.2, 0) is 6.42 Å². The molecule has 1 aromatic carbocycles. The molecule has 0 bridgehead atoms. The first-order valence-corrected chi connectivity index (χ1v) is 11.3. The summed E-state index contributed by atoms with van der Waals surface area (Å²) in [7, 11) is 2.15. The van der Waals surface area contributed by atoms with E-state index in [0.29, 0.717) is 18.3 Å². The number of nitrogens with one attached hydrogen (secondary N) is 1. The Morgan fingerprint density at radius 3 is 2.72 bits per heavy atom. The van der Waals surface area contributed by atoms with E-state index >= 15 is 0 Å². The molecule has 3 aromatic rings. The third-order valence-electron chi connectivity index (χ3n) is 6.09. The quantitative estimate of drug-likeness (QED) is 0.584. The number of hydrogen-bond donors (Lipinski definition) is 1. The van der Waals surface area contributed by atoms with E-state index in [1.54, 1.807) is 17.5 Å². The first-order chi connectivity index (χ1) is 14.0. The minimum atomic E-state index is 0.224. The Morgan fingerprint density at radius 2 is 1.97 bits per heavy atom. The van der Waals surface area contributed by atoms with Crippen LogP contribution in [0.4, 0.5) is 5.13 Å². The van der Waals surface area contributed by atoms with Gasteiger partial charge in [0.15, 0.2) is 10.9 Å². The summed E-state index contributed by atoms with van der Waals surface area (Å²) in [5.41, 5.74) is 2.46. The second-order valence-corrected chi connectivity index (χ2v) is 9.50. The average Bonchev–Trinajstić information content (AvgIpc) is 3.36. The lowest BCUT2D eigenvalue weighted by Crippen LogP contribution is -2.44. The minimum Gasteiger partial charge on any atom is -0.361 e. The highest BCUT2D eigenvalue weighted by Gasteiger charge is 2.23. The molecule has 29 heavy (non-hydrogen) atoms. The second-order valence-electron chi connectivity index (χ2n) is 8.49. The van der Waals surface area contributed by atoms with Crippen molar-refractivity contribution in [1.29, 1.82) is 0 Å². The van der Waals surface area contributed by atoms with E-state index in [9.17, 15) is 4.79 Å². The highest BCUT2D eigenvalue weighted by atomic mass is 32.1. The number of nitrogens with zero attached hydrogens (tertiary/aromatic N) is 3. The minimum absolute atomic E-state index is 0.224. The van der Waals surface area contributed by atoms with E-state index in [0.717, 1.165) is 48.1 Å². The number of ketones is 1. The van der Waals surface area contributed by atoms with Crippen LogP contribution >= 0.6 is 11.3 Å². The normalized spacial score (nSPS) is 16.6. The summed E-state index contributed by atoms with van der Waals surface area (Å²) in [6, 6.07) is 8.39. The van der Waals surface area contributed by atoms with Crippen LogP contribution in [-0.4, -0.2) is 53.9 Å². The van der Waals surface area contributed by atoms with Crippen LogP contribution in [0.2, 0.25) is 0 Å². The third kappa shape index (κ3) is 4.54. The number of fused-ring (bicyclic) bond motifs is 1. The van der Waals surface area contributed by atoms with Crippen LogP contribution < -0.4 is 4.90 Å². The lowest BCUT2D eigenvalue weighted by atomic mass is 9.85. The van der Waals surface area contributed by atoms with E-state index in [-0.39, 0.29) is 5.78 Å². The number of benzene rings is 1. The van der Waals surface area contributed by atoms with Crippen molar-refractivity contribution in [3.63, 3.8) is 0 Å². The van der Waals surface area contributed by atoms with Gasteiger partial charge in [-0.25, -0.2) is 4.98 Å². The fourth-order valence-corrected chi connectivity index (χ4v) is 4.92. The first-order valence-electron chi connectivity index (χ1n) is 10.5. The second kappa shape index (κ2) is 8.67. The highest BCUT2D eigenvalue weighted by Crippen LogP contribution is 2.30. The van der Waals surface area contributed by atoms with Crippen LogP contribution in [0.5, 0.6) is 0 Å². The summed E-state index contributed by atoms with van der Waals surface area (Å²) < 4.78 is 0. The fourth-order valence-electron chi connectivity index (χ4n) is 4.00. The van der Waals surface area contributed by atoms with Gasteiger partial charge in [0.2, 0.25) is 0 Å². The number of aromatic nitrogens is 2. The molecule has 1 aliphatic heterocycles. The van der Waals surface area contributed by atoms with Gasteiger partial charge in [0.25, 0.3) is 0 Å². The number of para-hydroxylation sites is 1. The van der Waals surface area contributed by atoms with Crippen molar-refractivity contribution < 1.29 is 4.79 Å². The van der Waals surface area contributed by atoms with Crippen LogP contribution in [0.25, 0.3) is 10.9 Å². The molecule has 1 aliphatic rings. The molecule has 1 atom stereocenters. The van der Waals surface area contributed by atoms with E-state index in [4.69, 9.17) is 0 Å². The van der Waals surface area contributed by atoms with Gasteiger partial charge >= 0.3 is 0 Å². The number of aromatic amines is 1. The first kappa shape index (κ1) is 20.1. The molecule has 0 saturated carbocycles. The number of carbonyl (C=O) groups excluding carboxylic acids is 1. The van der Waals surface area contributed by atoms with Gasteiger partial charge in [0.1, 0.15) is 0 Å². The summed E-state index contributed by atoms with van der Waals surface area (Å²) in [6.45, 7) is 8.48. The Kier molecular flexibility index (Phi) is 6.01. The Labute approximate surface area is 176 Å².